The number of hydrogen-bond acceptors (Lipinski definition) is 2. The zero-order valence-electron chi connectivity index (χ0n) is 13.4. The molecule has 0 unspecified atom stereocenters. The van der Waals surface area contributed by atoms with Gasteiger partial charge in [-0.05, 0) is 44.5 Å². The lowest BCUT2D eigenvalue weighted by Gasteiger charge is -2.18. The van der Waals surface area contributed by atoms with Crippen molar-refractivity contribution in [3.05, 3.63) is 35.4 Å². The van der Waals surface area contributed by atoms with E-state index >= 15 is 0 Å². The van der Waals surface area contributed by atoms with E-state index in [1.807, 2.05) is 27.1 Å². The quantitative estimate of drug-likeness (QED) is 0.830. The molecule has 20 heavy (non-hydrogen) atoms. The van der Waals surface area contributed by atoms with E-state index in [1.54, 1.807) is 0 Å². The van der Waals surface area contributed by atoms with Crippen LogP contribution in [0.1, 0.15) is 37.8 Å². The number of nitrogens with zero attached hydrogens (tertiary/aromatic N) is 1. The van der Waals surface area contributed by atoms with Gasteiger partial charge in [-0.2, -0.15) is 0 Å². The molecule has 0 saturated heterocycles. The van der Waals surface area contributed by atoms with Crippen molar-refractivity contribution in [1.29, 1.82) is 0 Å². The SMILES string of the molecule is CC(C)Cc1ccccc1[C@@H](C)C(=O)NCCN(C)C. The van der Waals surface area contributed by atoms with Crippen LogP contribution in [0, 0.1) is 5.92 Å². The molecule has 0 bridgehead atoms. The van der Waals surface area contributed by atoms with Crippen LogP contribution in [-0.2, 0) is 11.2 Å². The van der Waals surface area contributed by atoms with E-state index in [1.165, 1.54) is 5.56 Å². The minimum Gasteiger partial charge on any atom is -0.354 e. The monoisotopic (exact) mass is 276 g/mol. The Balaban J connectivity index is 2.70. The van der Waals surface area contributed by atoms with Crippen LogP contribution in [0.2, 0.25) is 0 Å². The summed E-state index contributed by atoms with van der Waals surface area (Å²) in [5.74, 6) is 0.621. The maximum atomic E-state index is 12.2. The van der Waals surface area contributed by atoms with Gasteiger partial charge in [0, 0.05) is 13.1 Å². The van der Waals surface area contributed by atoms with Crippen molar-refractivity contribution >= 4 is 5.91 Å². The first-order chi connectivity index (χ1) is 9.41. The fourth-order valence-corrected chi connectivity index (χ4v) is 2.28. The number of carbonyl (C=O) groups excluding carboxylic acids is 1. The number of hydrogen-bond donors (Lipinski definition) is 1. The molecule has 1 atom stereocenters. The summed E-state index contributed by atoms with van der Waals surface area (Å²) in [7, 11) is 4.01. The van der Waals surface area contributed by atoms with Crippen molar-refractivity contribution in [1.82, 2.24) is 10.2 Å². The maximum Gasteiger partial charge on any atom is 0.227 e. The van der Waals surface area contributed by atoms with Gasteiger partial charge in [0.05, 0.1) is 5.92 Å². The number of rotatable bonds is 7. The van der Waals surface area contributed by atoms with Crippen LogP contribution < -0.4 is 5.32 Å². The third-order valence-corrected chi connectivity index (χ3v) is 3.40. The molecule has 1 aromatic rings. The normalized spacial score (nSPS) is 12.8. The fraction of sp³-hybridized carbons (Fsp3) is 0.588. The third-order valence-electron chi connectivity index (χ3n) is 3.40. The second-order valence-electron chi connectivity index (χ2n) is 6.11. The molecule has 0 aromatic heterocycles. The van der Waals surface area contributed by atoms with Crippen molar-refractivity contribution in [2.75, 3.05) is 27.2 Å². The molecule has 3 heteroatoms. The maximum absolute atomic E-state index is 12.2. The van der Waals surface area contributed by atoms with E-state index in [0.29, 0.717) is 12.5 Å². The number of nitrogens with one attached hydrogen (secondary N) is 1. The minimum atomic E-state index is -0.0906. The van der Waals surface area contributed by atoms with Gasteiger partial charge < -0.3 is 10.2 Å². The second-order valence-corrected chi connectivity index (χ2v) is 6.11. The molecule has 3 nitrogen and oxygen atoms in total. The van der Waals surface area contributed by atoms with Gasteiger partial charge in [-0.25, -0.2) is 0 Å². The lowest BCUT2D eigenvalue weighted by atomic mass is 9.90. The number of amides is 1. The van der Waals surface area contributed by atoms with Crippen molar-refractivity contribution < 1.29 is 4.79 Å². The minimum absolute atomic E-state index is 0.0906. The predicted molar refractivity (Wildman–Crippen MR) is 85.0 cm³/mol. The molecule has 1 aromatic carbocycles. The van der Waals surface area contributed by atoms with Gasteiger partial charge in [0.1, 0.15) is 0 Å². The van der Waals surface area contributed by atoms with Crippen LogP contribution in [0.15, 0.2) is 24.3 Å². The zero-order chi connectivity index (χ0) is 15.1. The Hall–Kier alpha value is -1.35. The molecule has 0 saturated carbocycles. The predicted octanol–water partition coefficient (Wildman–Crippen LogP) is 2.67. The van der Waals surface area contributed by atoms with E-state index in [-0.39, 0.29) is 11.8 Å². The van der Waals surface area contributed by atoms with Crippen LogP contribution in [0.5, 0.6) is 0 Å². The Bertz CT molecular complexity index is 427. The molecule has 112 valence electrons. The topological polar surface area (TPSA) is 32.3 Å². The van der Waals surface area contributed by atoms with Crippen LogP contribution in [0.25, 0.3) is 0 Å². The van der Waals surface area contributed by atoms with Crippen LogP contribution in [0.3, 0.4) is 0 Å². The van der Waals surface area contributed by atoms with Gasteiger partial charge in [0.25, 0.3) is 0 Å². The smallest absolute Gasteiger partial charge is 0.227 e. The van der Waals surface area contributed by atoms with Crippen molar-refractivity contribution in [2.24, 2.45) is 5.92 Å². The van der Waals surface area contributed by atoms with Crippen LogP contribution >= 0.6 is 0 Å². The molecule has 0 aliphatic heterocycles. The Morgan fingerprint density at radius 1 is 1.20 bits per heavy atom. The summed E-state index contributed by atoms with van der Waals surface area (Å²) in [4.78, 5) is 14.3. The van der Waals surface area contributed by atoms with E-state index in [2.05, 4.69) is 42.3 Å². The summed E-state index contributed by atoms with van der Waals surface area (Å²) < 4.78 is 0. The fourth-order valence-electron chi connectivity index (χ4n) is 2.28. The van der Waals surface area contributed by atoms with Crippen molar-refractivity contribution in [3.8, 4) is 0 Å². The Morgan fingerprint density at radius 3 is 2.45 bits per heavy atom. The molecule has 0 spiro atoms. The molecular weight excluding hydrogens is 248 g/mol. The number of likely N-dealkylation sites (N-methyl/N-ethyl adjacent to an activating group) is 1. The molecule has 1 N–H and O–H groups in total. The highest BCUT2D eigenvalue weighted by molar-refractivity contribution is 5.83. The molecule has 1 rings (SSSR count). The van der Waals surface area contributed by atoms with E-state index in [9.17, 15) is 4.79 Å². The first kappa shape index (κ1) is 16.7. The first-order valence-electron chi connectivity index (χ1n) is 7.42. The largest absolute Gasteiger partial charge is 0.354 e. The van der Waals surface area contributed by atoms with Crippen molar-refractivity contribution in [2.45, 2.75) is 33.1 Å². The van der Waals surface area contributed by atoms with Gasteiger partial charge in [-0.15, -0.1) is 0 Å². The molecule has 0 aliphatic rings. The lowest BCUT2D eigenvalue weighted by Crippen LogP contribution is -2.34. The van der Waals surface area contributed by atoms with Crippen LogP contribution in [0.4, 0.5) is 0 Å². The van der Waals surface area contributed by atoms with Crippen molar-refractivity contribution in [3.63, 3.8) is 0 Å². The average Bonchev–Trinajstić information content (AvgIpc) is 2.37. The summed E-state index contributed by atoms with van der Waals surface area (Å²) in [6, 6.07) is 8.29. The Kier molecular flexibility index (Phi) is 6.73. The summed E-state index contributed by atoms with van der Waals surface area (Å²) >= 11 is 0. The average molecular weight is 276 g/mol. The van der Waals surface area contributed by atoms with E-state index < -0.39 is 0 Å². The highest BCUT2D eigenvalue weighted by atomic mass is 16.1. The van der Waals surface area contributed by atoms with E-state index in [4.69, 9.17) is 0 Å². The van der Waals surface area contributed by atoms with E-state index in [0.717, 1.165) is 18.5 Å². The molecule has 0 radical (unpaired) electrons. The summed E-state index contributed by atoms with van der Waals surface area (Å²) in [5.41, 5.74) is 2.45. The highest BCUT2D eigenvalue weighted by Gasteiger charge is 2.18. The standard InChI is InChI=1S/C17H28N2O/c1-13(2)12-15-8-6-7-9-16(15)14(3)17(20)18-10-11-19(4)5/h6-9,13-14H,10-12H2,1-5H3,(H,18,20)/t14-/m1/s1. The van der Waals surface area contributed by atoms with Crippen LogP contribution in [-0.4, -0.2) is 38.0 Å². The molecule has 0 heterocycles. The molecular formula is C17H28N2O. The first-order valence-corrected chi connectivity index (χ1v) is 7.42. The summed E-state index contributed by atoms with van der Waals surface area (Å²) in [5, 5.41) is 3.01. The van der Waals surface area contributed by atoms with Gasteiger partial charge in [-0.1, -0.05) is 38.1 Å². The number of carbonyl (C=O) groups is 1. The zero-order valence-corrected chi connectivity index (χ0v) is 13.4. The third kappa shape index (κ3) is 5.33. The highest BCUT2D eigenvalue weighted by Crippen LogP contribution is 2.22. The van der Waals surface area contributed by atoms with Gasteiger partial charge >= 0.3 is 0 Å². The molecule has 1 amide bonds. The van der Waals surface area contributed by atoms with Gasteiger partial charge in [-0.3, -0.25) is 4.79 Å². The molecule has 0 aliphatic carbocycles. The Labute approximate surface area is 123 Å². The lowest BCUT2D eigenvalue weighted by molar-refractivity contribution is -0.122. The summed E-state index contributed by atoms with van der Waals surface area (Å²) in [6.07, 6.45) is 1.02. The Morgan fingerprint density at radius 2 is 1.85 bits per heavy atom. The molecule has 0 fully saturated rings. The van der Waals surface area contributed by atoms with Gasteiger partial charge in [0.15, 0.2) is 0 Å². The second kappa shape index (κ2) is 8.05. The van der Waals surface area contributed by atoms with Gasteiger partial charge in [0.2, 0.25) is 5.91 Å². The summed E-state index contributed by atoms with van der Waals surface area (Å²) in [6.45, 7) is 7.97. The number of benzene rings is 1.